The molecule has 2 aromatic rings. The molecule has 0 spiro atoms. The van der Waals surface area contributed by atoms with Gasteiger partial charge < -0.3 is 10.4 Å². The highest BCUT2D eigenvalue weighted by atomic mass is 16.4. The van der Waals surface area contributed by atoms with Crippen LogP contribution in [0, 0.1) is 0 Å². The van der Waals surface area contributed by atoms with Crippen molar-refractivity contribution in [3.8, 4) is 0 Å². The number of hydrogen-bond donors (Lipinski definition) is 2. The Balaban J connectivity index is 2.29. The number of anilines is 1. The third-order valence-electron chi connectivity index (χ3n) is 3.51. The molecule has 2 rings (SSSR count). The molecule has 0 radical (unpaired) electrons. The quantitative estimate of drug-likeness (QED) is 0.818. The molecule has 0 saturated heterocycles. The Labute approximate surface area is 116 Å². The number of hydrogen-bond acceptors (Lipinski definition) is 5. The number of aromatic nitrogens is 4. The molecule has 106 valence electrons. The number of carbonyl (C=O) groups is 1. The number of rotatable bonds is 6. The fraction of sp³-hybridized carbons (Fsp3) is 0.385. The molecule has 0 fully saturated rings. The lowest BCUT2D eigenvalue weighted by atomic mass is 9.78. The van der Waals surface area contributed by atoms with Crippen molar-refractivity contribution in [2.24, 2.45) is 7.05 Å². The summed E-state index contributed by atoms with van der Waals surface area (Å²) in [6.07, 6.45) is 0.463. The highest BCUT2D eigenvalue weighted by molar-refractivity contribution is 5.82. The number of benzene rings is 1. The average Bonchev–Trinajstić information content (AvgIpc) is 2.86. The predicted octanol–water partition coefficient (Wildman–Crippen LogP) is 1.05. The van der Waals surface area contributed by atoms with Crippen molar-refractivity contribution < 1.29 is 9.90 Å². The van der Waals surface area contributed by atoms with Crippen molar-refractivity contribution in [1.29, 1.82) is 0 Å². The molecule has 1 heterocycles. The van der Waals surface area contributed by atoms with E-state index in [4.69, 9.17) is 0 Å². The zero-order chi connectivity index (χ0) is 14.6. The molecule has 0 saturated carbocycles. The van der Waals surface area contributed by atoms with Gasteiger partial charge in [-0.25, -0.2) is 4.68 Å². The summed E-state index contributed by atoms with van der Waals surface area (Å²) in [5.74, 6) is -0.422. The lowest BCUT2D eigenvalue weighted by molar-refractivity contribution is -0.143. The second-order valence-corrected chi connectivity index (χ2v) is 4.59. The molecule has 7 nitrogen and oxygen atoms in total. The number of aryl methyl sites for hydroxylation is 1. The van der Waals surface area contributed by atoms with Crippen molar-refractivity contribution in [2.45, 2.75) is 18.8 Å². The van der Waals surface area contributed by atoms with Crippen molar-refractivity contribution in [3.05, 3.63) is 35.9 Å². The van der Waals surface area contributed by atoms with Crippen LogP contribution in [0.1, 0.15) is 18.9 Å². The van der Waals surface area contributed by atoms with E-state index in [1.807, 2.05) is 37.3 Å². The summed E-state index contributed by atoms with van der Waals surface area (Å²) in [6, 6.07) is 9.20. The van der Waals surface area contributed by atoms with Crippen molar-refractivity contribution in [3.63, 3.8) is 0 Å². The minimum Gasteiger partial charge on any atom is -0.481 e. The highest BCUT2D eigenvalue weighted by Crippen LogP contribution is 2.28. The second kappa shape index (κ2) is 5.68. The maximum atomic E-state index is 11.8. The number of carboxylic acid groups (broad SMARTS) is 1. The Hall–Kier alpha value is -2.44. The molecule has 2 N–H and O–H groups in total. The van der Waals surface area contributed by atoms with Crippen LogP contribution in [-0.2, 0) is 17.3 Å². The maximum Gasteiger partial charge on any atom is 0.315 e. The van der Waals surface area contributed by atoms with E-state index < -0.39 is 11.4 Å². The van der Waals surface area contributed by atoms with Gasteiger partial charge in [-0.05, 0) is 22.4 Å². The molecule has 1 atom stereocenters. The van der Waals surface area contributed by atoms with Crippen LogP contribution in [0.25, 0.3) is 0 Å². The fourth-order valence-electron chi connectivity index (χ4n) is 2.15. The molecule has 1 unspecified atom stereocenters. The SMILES string of the molecule is CCC(CNc1nnnn1C)(C(=O)O)c1ccccc1. The number of nitrogens with one attached hydrogen (secondary N) is 1. The van der Waals surface area contributed by atoms with Gasteiger partial charge in [0, 0.05) is 13.6 Å². The molecule has 20 heavy (non-hydrogen) atoms. The zero-order valence-corrected chi connectivity index (χ0v) is 11.4. The van der Waals surface area contributed by atoms with Crippen LogP contribution in [0.3, 0.4) is 0 Å². The number of nitrogens with zero attached hydrogens (tertiary/aromatic N) is 4. The largest absolute Gasteiger partial charge is 0.481 e. The maximum absolute atomic E-state index is 11.8. The van der Waals surface area contributed by atoms with Crippen molar-refractivity contribution in [1.82, 2.24) is 20.2 Å². The molecule has 0 aliphatic carbocycles. The minimum absolute atomic E-state index is 0.219. The summed E-state index contributed by atoms with van der Waals surface area (Å²) in [7, 11) is 1.69. The molecular formula is C13H17N5O2. The number of carboxylic acids is 1. The first kappa shape index (κ1) is 14.0. The standard InChI is InChI=1S/C13H17N5O2/c1-3-13(11(19)20,10-7-5-4-6-8-10)9-14-12-15-16-17-18(12)2/h4-8H,3,9H2,1-2H3,(H,19,20)(H,14,15,17). The summed E-state index contributed by atoms with van der Waals surface area (Å²) in [6.45, 7) is 2.08. The first-order valence-electron chi connectivity index (χ1n) is 6.35. The Kier molecular flexibility index (Phi) is 3.97. The van der Waals surface area contributed by atoms with E-state index in [9.17, 15) is 9.90 Å². The summed E-state index contributed by atoms with van der Waals surface area (Å²) in [4.78, 5) is 11.8. The van der Waals surface area contributed by atoms with Crippen LogP contribution in [0.4, 0.5) is 5.95 Å². The van der Waals surface area contributed by atoms with Gasteiger partial charge in [-0.3, -0.25) is 4.79 Å². The van der Waals surface area contributed by atoms with Crippen molar-refractivity contribution >= 4 is 11.9 Å². The van der Waals surface area contributed by atoms with Crippen LogP contribution >= 0.6 is 0 Å². The molecule has 1 aromatic heterocycles. The van der Waals surface area contributed by atoms with Gasteiger partial charge in [0.2, 0.25) is 5.95 Å². The first-order chi connectivity index (χ1) is 9.60. The highest BCUT2D eigenvalue weighted by Gasteiger charge is 2.38. The van der Waals surface area contributed by atoms with Gasteiger partial charge in [0.05, 0.1) is 0 Å². The van der Waals surface area contributed by atoms with Gasteiger partial charge >= 0.3 is 5.97 Å². The predicted molar refractivity (Wildman–Crippen MR) is 73.3 cm³/mol. The molecule has 0 bridgehead atoms. The van der Waals surface area contributed by atoms with E-state index in [2.05, 4.69) is 20.8 Å². The van der Waals surface area contributed by atoms with Crippen LogP contribution < -0.4 is 5.32 Å². The average molecular weight is 275 g/mol. The van der Waals surface area contributed by atoms with Gasteiger partial charge in [0.25, 0.3) is 0 Å². The molecule has 1 aromatic carbocycles. The Morgan fingerprint density at radius 3 is 2.60 bits per heavy atom. The van der Waals surface area contributed by atoms with Gasteiger partial charge in [-0.15, -0.1) is 0 Å². The van der Waals surface area contributed by atoms with E-state index in [0.29, 0.717) is 12.4 Å². The summed E-state index contributed by atoms with van der Waals surface area (Å²) >= 11 is 0. The lowest BCUT2D eigenvalue weighted by Crippen LogP contribution is -2.42. The summed E-state index contributed by atoms with van der Waals surface area (Å²) < 4.78 is 1.47. The first-order valence-corrected chi connectivity index (χ1v) is 6.35. The zero-order valence-electron chi connectivity index (χ0n) is 11.4. The van der Waals surface area contributed by atoms with Gasteiger partial charge in [-0.1, -0.05) is 42.4 Å². The smallest absolute Gasteiger partial charge is 0.315 e. The van der Waals surface area contributed by atoms with Crippen LogP contribution in [-0.4, -0.2) is 37.8 Å². The normalized spacial score (nSPS) is 13.7. The van der Waals surface area contributed by atoms with E-state index in [1.165, 1.54) is 4.68 Å². The lowest BCUT2D eigenvalue weighted by Gasteiger charge is -2.29. The Bertz CT molecular complexity index is 583. The second-order valence-electron chi connectivity index (χ2n) is 4.59. The van der Waals surface area contributed by atoms with Crippen LogP contribution in [0.2, 0.25) is 0 Å². The third-order valence-corrected chi connectivity index (χ3v) is 3.51. The molecule has 0 aliphatic heterocycles. The summed E-state index contributed by atoms with van der Waals surface area (Å²) in [5.41, 5.74) is -0.245. The Morgan fingerprint density at radius 2 is 2.10 bits per heavy atom. The molecule has 0 amide bonds. The van der Waals surface area contributed by atoms with E-state index >= 15 is 0 Å². The van der Waals surface area contributed by atoms with Gasteiger partial charge in [0.15, 0.2) is 0 Å². The molecule has 0 aliphatic rings. The van der Waals surface area contributed by atoms with Gasteiger partial charge in [-0.2, -0.15) is 0 Å². The van der Waals surface area contributed by atoms with Crippen LogP contribution in [0.15, 0.2) is 30.3 Å². The van der Waals surface area contributed by atoms with Crippen molar-refractivity contribution in [2.75, 3.05) is 11.9 Å². The van der Waals surface area contributed by atoms with E-state index in [1.54, 1.807) is 7.05 Å². The molecule has 7 heteroatoms. The summed E-state index contributed by atoms with van der Waals surface area (Å²) in [5, 5.41) is 23.7. The van der Waals surface area contributed by atoms with E-state index in [0.717, 1.165) is 5.56 Å². The number of aliphatic carboxylic acids is 1. The van der Waals surface area contributed by atoms with Crippen LogP contribution in [0.5, 0.6) is 0 Å². The van der Waals surface area contributed by atoms with E-state index in [-0.39, 0.29) is 6.54 Å². The minimum atomic E-state index is -1.01. The topological polar surface area (TPSA) is 92.9 Å². The molecular weight excluding hydrogens is 258 g/mol. The monoisotopic (exact) mass is 275 g/mol. The fourth-order valence-corrected chi connectivity index (χ4v) is 2.15. The number of tetrazole rings is 1. The van der Waals surface area contributed by atoms with Gasteiger partial charge in [0.1, 0.15) is 5.41 Å². The third kappa shape index (κ3) is 2.47. The Morgan fingerprint density at radius 1 is 1.40 bits per heavy atom.